The summed E-state index contributed by atoms with van der Waals surface area (Å²) in [4.78, 5) is 23.8. The van der Waals surface area contributed by atoms with E-state index in [1.54, 1.807) is 12.2 Å². The average molecular weight is 621 g/mol. The topological polar surface area (TPSA) is 113 Å². The van der Waals surface area contributed by atoms with E-state index in [2.05, 4.69) is 20.8 Å². The molecule has 44 heavy (non-hydrogen) atoms. The van der Waals surface area contributed by atoms with Gasteiger partial charge in [-0.1, -0.05) is 140 Å². The number of carbonyl (C=O) groups excluding carboxylic acids is 2. The Hall–Kier alpha value is -2.22. The summed E-state index contributed by atoms with van der Waals surface area (Å²) in [6.45, 7) is 6.27. The molecule has 7 nitrogen and oxygen atoms in total. The van der Waals surface area contributed by atoms with Crippen LogP contribution in [0.1, 0.15) is 136 Å². The van der Waals surface area contributed by atoms with Crippen molar-refractivity contribution in [3.05, 3.63) is 48.6 Å². The van der Waals surface area contributed by atoms with Crippen molar-refractivity contribution in [2.45, 2.75) is 155 Å². The van der Waals surface area contributed by atoms with Gasteiger partial charge in [0.25, 0.3) is 0 Å². The van der Waals surface area contributed by atoms with Crippen LogP contribution in [0.4, 0.5) is 0 Å². The van der Waals surface area contributed by atoms with Gasteiger partial charge in [-0.25, -0.2) is 0 Å². The number of hydrogen-bond donors (Lipinski definition) is 3. The minimum atomic E-state index is -1.05. The monoisotopic (exact) mass is 620 g/mol. The normalized spacial score (nSPS) is 14.3. The number of rotatable bonds is 29. The summed E-state index contributed by atoms with van der Waals surface area (Å²) in [5.74, 6) is -0.000949. The van der Waals surface area contributed by atoms with Crippen molar-refractivity contribution in [3.63, 3.8) is 0 Å². The Kier molecular flexibility index (Phi) is 29.2. The maximum absolute atomic E-state index is 11.9. The van der Waals surface area contributed by atoms with Gasteiger partial charge in [-0.05, 0) is 38.0 Å². The molecule has 0 heterocycles. The molecule has 0 rings (SSSR count). The van der Waals surface area contributed by atoms with Crippen LogP contribution in [0.25, 0.3) is 0 Å². The molecule has 0 aliphatic carbocycles. The molecule has 0 fully saturated rings. The number of allylic oxidation sites excluding steroid dienone is 6. The Morgan fingerprint density at radius 1 is 0.591 bits per heavy atom. The van der Waals surface area contributed by atoms with E-state index in [4.69, 9.17) is 9.47 Å². The van der Waals surface area contributed by atoms with Gasteiger partial charge < -0.3 is 24.8 Å². The second-order valence-corrected chi connectivity index (χ2v) is 12.2. The number of ether oxygens (including phenoxy) is 2. The summed E-state index contributed by atoms with van der Waals surface area (Å²) >= 11 is 0. The third-order valence-electron chi connectivity index (χ3n) is 7.20. The van der Waals surface area contributed by atoms with Crippen LogP contribution in [-0.4, -0.2) is 58.8 Å². The molecule has 0 saturated heterocycles. The Balaban J connectivity index is 3.76. The highest BCUT2D eigenvalue weighted by Crippen LogP contribution is 2.13. The van der Waals surface area contributed by atoms with E-state index in [0.717, 1.165) is 57.3 Å². The fourth-order valence-corrected chi connectivity index (χ4v) is 4.48. The van der Waals surface area contributed by atoms with Crippen LogP contribution in [0, 0.1) is 5.92 Å². The smallest absolute Gasteiger partial charge is 0.305 e. The van der Waals surface area contributed by atoms with Crippen molar-refractivity contribution in [1.29, 1.82) is 0 Å². The lowest BCUT2D eigenvalue weighted by Gasteiger charge is -2.12. The first kappa shape index (κ1) is 41.8. The van der Waals surface area contributed by atoms with Crippen LogP contribution in [0.2, 0.25) is 0 Å². The molecule has 7 heteroatoms. The van der Waals surface area contributed by atoms with Crippen molar-refractivity contribution in [1.82, 2.24) is 0 Å². The SMILES string of the molecule is CCCCC[C@H](O)/C=C/C=C\C/C=C\C=C\[C@H](O)CCCC(=O)OC[C@@H](O)COC(=O)CCCCCCCCCCC(C)C. The average Bonchev–Trinajstić information content (AvgIpc) is 2.99. The Bertz CT molecular complexity index is 800. The summed E-state index contributed by atoms with van der Waals surface area (Å²) in [5.41, 5.74) is 0. The van der Waals surface area contributed by atoms with E-state index < -0.39 is 18.2 Å². The van der Waals surface area contributed by atoms with Crippen molar-refractivity contribution >= 4 is 11.9 Å². The highest BCUT2D eigenvalue weighted by atomic mass is 16.6. The number of esters is 2. The van der Waals surface area contributed by atoms with Crippen LogP contribution in [0.5, 0.6) is 0 Å². The molecule has 0 aliphatic rings. The zero-order chi connectivity index (χ0) is 32.7. The predicted octanol–water partition coefficient (Wildman–Crippen LogP) is 8.08. The Morgan fingerprint density at radius 3 is 1.57 bits per heavy atom. The van der Waals surface area contributed by atoms with Crippen LogP contribution < -0.4 is 0 Å². The zero-order valence-corrected chi connectivity index (χ0v) is 28.0. The van der Waals surface area contributed by atoms with Crippen LogP contribution in [0.15, 0.2) is 48.6 Å². The van der Waals surface area contributed by atoms with Gasteiger partial charge in [0.05, 0.1) is 12.2 Å². The maximum atomic E-state index is 11.9. The number of carbonyl (C=O) groups is 2. The Labute approximate surface area is 268 Å². The first-order chi connectivity index (χ1) is 21.2. The number of unbranched alkanes of at least 4 members (excludes halogenated alkanes) is 9. The fourth-order valence-electron chi connectivity index (χ4n) is 4.48. The quantitative estimate of drug-likeness (QED) is 0.0440. The molecule has 0 amide bonds. The molecule has 3 N–H and O–H groups in total. The first-order valence-electron chi connectivity index (χ1n) is 17.3. The summed E-state index contributed by atoms with van der Waals surface area (Å²) in [7, 11) is 0. The molecule has 0 aromatic heterocycles. The summed E-state index contributed by atoms with van der Waals surface area (Å²) in [5, 5.41) is 29.8. The van der Waals surface area contributed by atoms with E-state index in [0.29, 0.717) is 19.3 Å². The standard InChI is InChI=1S/C37H64O7/c1-4-5-17-24-33(38)25-19-14-10-8-11-15-20-26-34(39)27-22-29-37(42)44-31-35(40)30-43-36(41)28-21-16-12-7-6-9-13-18-23-32(2)3/h10-11,14-15,19-20,25-26,32-35,38-40H,4-9,12-13,16-18,21-24,27-31H2,1-3H3/b14-10-,15-11-,25-19+,26-20+/t33-,34-,35-/m0/s1. The molecule has 0 saturated carbocycles. The second-order valence-electron chi connectivity index (χ2n) is 12.2. The molecular formula is C37H64O7. The van der Waals surface area contributed by atoms with E-state index in [9.17, 15) is 24.9 Å². The largest absolute Gasteiger partial charge is 0.463 e. The van der Waals surface area contributed by atoms with Gasteiger partial charge in [0.1, 0.15) is 19.3 Å². The minimum absolute atomic E-state index is 0.136. The van der Waals surface area contributed by atoms with Gasteiger partial charge in [-0.3, -0.25) is 9.59 Å². The molecule has 0 aromatic carbocycles. The summed E-state index contributed by atoms with van der Waals surface area (Å²) < 4.78 is 10.2. The van der Waals surface area contributed by atoms with Crippen LogP contribution >= 0.6 is 0 Å². The molecule has 254 valence electrons. The van der Waals surface area contributed by atoms with E-state index in [-0.39, 0.29) is 31.7 Å². The van der Waals surface area contributed by atoms with Crippen molar-refractivity contribution in [2.24, 2.45) is 5.92 Å². The van der Waals surface area contributed by atoms with E-state index in [1.807, 2.05) is 36.5 Å². The number of aliphatic hydroxyl groups excluding tert-OH is 3. The molecule has 0 bridgehead atoms. The molecule has 0 unspecified atom stereocenters. The van der Waals surface area contributed by atoms with Crippen molar-refractivity contribution < 1.29 is 34.4 Å². The third-order valence-corrected chi connectivity index (χ3v) is 7.20. The summed E-state index contributed by atoms with van der Waals surface area (Å²) in [6.07, 6.45) is 29.6. The van der Waals surface area contributed by atoms with Gasteiger partial charge in [0, 0.05) is 12.8 Å². The highest BCUT2D eigenvalue weighted by molar-refractivity contribution is 5.69. The molecule has 0 radical (unpaired) electrons. The molecule has 0 aromatic rings. The van der Waals surface area contributed by atoms with Crippen molar-refractivity contribution in [2.75, 3.05) is 13.2 Å². The Morgan fingerprint density at radius 2 is 1.05 bits per heavy atom. The molecule has 0 aliphatic heterocycles. The fraction of sp³-hybridized carbons (Fsp3) is 0.730. The van der Waals surface area contributed by atoms with E-state index in [1.165, 1.54) is 38.5 Å². The van der Waals surface area contributed by atoms with Crippen LogP contribution in [0.3, 0.4) is 0 Å². The first-order valence-corrected chi connectivity index (χ1v) is 17.3. The lowest BCUT2D eigenvalue weighted by molar-refractivity contribution is -0.152. The lowest BCUT2D eigenvalue weighted by atomic mass is 10.0. The van der Waals surface area contributed by atoms with Gasteiger partial charge in [0.2, 0.25) is 0 Å². The second kappa shape index (κ2) is 30.8. The highest BCUT2D eigenvalue weighted by Gasteiger charge is 2.12. The number of aliphatic hydroxyl groups is 3. The molecule has 0 spiro atoms. The van der Waals surface area contributed by atoms with Gasteiger partial charge in [-0.2, -0.15) is 0 Å². The van der Waals surface area contributed by atoms with Gasteiger partial charge in [0.15, 0.2) is 0 Å². The minimum Gasteiger partial charge on any atom is -0.463 e. The molecule has 3 atom stereocenters. The van der Waals surface area contributed by atoms with Gasteiger partial charge >= 0.3 is 11.9 Å². The van der Waals surface area contributed by atoms with Crippen LogP contribution in [-0.2, 0) is 19.1 Å². The zero-order valence-electron chi connectivity index (χ0n) is 28.0. The molecular weight excluding hydrogens is 556 g/mol. The van der Waals surface area contributed by atoms with Crippen molar-refractivity contribution in [3.8, 4) is 0 Å². The van der Waals surface area contributed by atoms with E-state index >= 15 is 0 Å². The third kappa shape index (κ3) is 31.2. The van der Waals surface area contributed by atoms with Gasteiger partial charge in [-0.15, -0.1) is 0 Å². The maximum Gasteiger partial charge on any atom is 0.305 e. The predicted molar refractivity (Wildman–Crippen MR) is 180 cm³/mol. The lowest BCUT2D eigenvalue weighted by Crippen LogP contribution is -2.25. The number of hydrogen-bond acceptors (Lipinski definition) is 7. The summed E-state index contributed by atoms with van der Waals surface area (Å²) in [6, 6.07) is 0.